The van der Waals surface area contributed by atoms with E-state index in [1.54, 1.807) is 6.07 Å². The minimum absolute atomic E-state index is 0. The van der Waals surface area contributed by atoms with Crippen LogP contribution in [0.2, 0.25) is 0 Å². The van der Waals surface area contributed by atoms with Crippen molar-refractivity contribution in [2.24, 2.45) is 0 Å². The van der Waals surface area contributed by atoms with E-state index in [4.69, 9.17) is 0 Å². The average Bonchev–Trinajstić information content (AvgIpc) is 2.62. The van der Waals surface area contributed by atoms with Gasteiger partial charge >= 0.3 is 0 Å². The number of sulfonamides is 1. The standard InChI is InChI=1S/C12H20N2O2S2.ClH/c1-8-7-12(10(3)17-8)18(15,16)14-11-5-4-6-13-9(11)2;/h7,9,11,13-14H,4-6H2,1-3H3;1H. The van der Waals surface area contributed by atoms with Crippen molar-refractivity contribution in [3.8, 4) is 0 Å². The molecule has 0 aliphatic carbocycles. The lowest BCUT2D eigenvalue weighted by Crippen LogP contribution is -2.51. The van der Waals surface area contributed by atoms with Gasteiger partial charge in [0.15, 0.2) is 0 Å². The molecule has 2 N–H and O–H groups in total. The van der Waals surface area contributed by atoms with Gasteiger partial charge in [0.05, 0.1) is 4.90 Å². The van der Waals surface area contributed by atoms with E-state index in [9.17, 15) is 8.42 Å². The van der Waals surface area contributed by atoms with Crippen LogP contribution in [0.5, 0.6) is 0 Å². The Morgan fingerprint density at radius 1 is 1.42 bits per heavy atom. The summed E-state index contributed by atoms with van der Waals surface area (Å²) in [5.74, 6) is 0. The highest BCUT2D eigenvalue weighted by atomic mass is 35.5. The molecule has 0 spiro atoms. The second-order valence-corrected chi connectivity index (χ2v) is 8.03. The number of nitrogens with one attached hydrogen (secondary N) is 2. The average molecular weight is 325 g/mol. The Bertz CT molecular complexity index is 528. The van der Waals surface area contributed by atoms with E-state index < -0.39 is 10.0 Å². The van der Waals surface area contributed by atoms with Gasteiger partial charge in [-0.2, -0.15) is 0 Å². The van der Waals surface area contributed by atoms with Crippen LogP contribution in [0.3, 0.4) is 0 Å². The minimum Gasteiger partial charge on any atom is -0.313 e. The van der Waals surface area contributed by atoms with Gasteiger partial charge in [-0.15, -0.1) is 23.7 Å². The van der Waals surface area contributed by atoms with Crippen LogP contribution in [0.4, 0.5) is 0 Å². The zero-order valence-electron chi connectivity index (χ0n) is 11.4. The van der Waals surface area contributed by atoms with Crippen molar-refractivity contribution in [3.05, 3.63) is 15.8 Å². The third kappa shape index (κ3) is 3.92. The smallest absolute Gasteiger partial charge is 0.241 e. The van der Waals surface area contributed by atoms with Crippen LogP contribution in [-0.4, -0.2) is 27.0 Å². The van der Waals surface area contributed by atoms with Crippen molar-refractivity contribution in [2.45, 2.75) is 50.6 Å². The number of thiophene rings is 1. The summed E-state index contributed by atoms with van der Waals surface area (Å²) < 4.78 is 27.5. The lowest BCUT2D eigenvalue weighted by Gasteiger charge is -2.30. The van der Waals surface area contributed by atoms with Gasteiger partial charge < -0.3 is 5.32 Å². The molecule has 2 unspecified atom stereocenters. The number of aryl methyl sites for hydroxylation is 2. The molecule has 1 aromatic heterocycles. The Kier molecular flexibility index (Phi) is 5.82. The van der Waals surface area contributed by atoms with Crippen LogP contribution in [0.25, 0.3) is 0 Å². The van der Waals surface area contributed by atoms with Crippen molar-refractivity contribution >= 4 is 33.8 Å². The topological polar surface area (TPSA) is 58.2 Å². The van der Waals surface area contributed by atoms with Gasteiger partial charge in [0.2, 0.25) is 10.0 Å². The summed E-state index contributed by atoms with van der Waals surface area (Å²) in [6.45, 7) is 6.78. The third-order valence-corrected chi connectivity index (χ3v) is 6.06. The maximum Gasteiger partial charge on any atom is 0.241 e. The summed E-state index contributed by atoms with van der Waals surface area (Å²) in [6, 6.07) is 1.93. The highest BCUT2D eigenvalue weighted by molar-refractivity contribution is 7.89. The molecule has 2 atom stereocenters. The first kappa shape index (κ1) is 16.9. The van der Waals surface area contributed by atoms with E-state index in [0.29, 0.717) is 4.90 Å². The Hall–Kier alpha value is -0.140. The quantitative estimate of drug-likeness (QED) is 0.896. The first-order chi connectivity index (χ1) is 8.40. The second-order valence-electron chi connectivity index (χ2n) is 4.89. The fourth-order valence-electron chi connectivity index (χ4n) is 2.34. The molecule has 0 amide bonds. The van der Waals surface area contributed by atoms with Gasteiger partial charge in [-0.3, -0.25) is 0 Å². The molecular weight excluding hydrogens is 304 g/mol. The van der Waals surface area contributed by atoms with Crippen molar-refractivity contribution in [2.75, 3.05) is 6.54 Å². The maximum atomic E-state index is 12.3. The van der Waals surface area contributed by atoms with Crippen molar-refractivity contribution in [1.29, 1.82) is 0 Å². The van der Waals surface area contributed by atoms with E-state index in [1.807, 2.05) is 20.8 Å². The molecule has 1 fully saturated rings. The summed E-state index contributed by atoms with van der Waals surface area (Å²) >= 11 is 1.52. The van der Waals surface area contributed by atoms with Gasteiger partial charge in [-0.05, 0) is 46.2 Å². The van der Waals surface area contributed by atoms with Crippen LogP contribution in [0, 0.1) is 13.8 Å². The largest absolute Gasteiger partial charge is 0.313 e. The molecule has 0 aromatic carbocycles. The first-order valence-corrected chi connectivity index (χ1v) is 8.53. The van der Waals surface area contributed by atoms with Crippen LogP contribution < -0.4 is 10.0 Å². The van der Waals surface area contributed by atoms with E-state index >= 15 is 0 Å². The molecule has 0 radical (unpaired) electrons. The third-order valence-electron chi connectivity index (χ3n) is 3.35. The van der Waals surface area contributed by atoms with Crippen molar-refractivity contribution in [1.82, 2.24) is 10.0 Å². The normalized spacial score (nSPS) is 23.9. The molecule has 2 rings (SSSR count). The SMILES string of the molecule is Cc1cc(S(=O)(=O)NC2CCCNC2C)c(C)s1.Cl. The molecule has 0 saturated carbocycles. The number of hydrogen-bond donors (Lipinski definition) is 2. The van der Waals surface area contributed by atoms with Crippen LogP contribution in [0.15, 0.2) is 11.0 Å². The summed E-state index contributed by atoms with van der Waals surface area (Å²) in [5, 5.41) is 3.30. The van der Waals surface area contributed by atoms with Crippen molar-refractivity contribution < 1.29 is 8.42 Å². The lowest BCUT2D eigenvalue weighted by atomic mass is 10.0. The zero-order valence-corrected chi connectivity index (χ0v) is 13.8. The fraction of sp³-hybridized carbons (Fsp3) is 0.667. The molecule has 110 valence electrons. The maximum absolute atomic E-state index is 12.3. The number of hydrogen-bond acceptors (Lipinski definition) is 4. The highest BCUT2D eigenvalue weighted by Gasteiger charge is 2.28. The summed E-state index contributed by atoms with van der Waals surface area (Å²) in [5.41, 5.74) is 0. The molecule has 0 bridgehead atoms. The van der Waals surface area contributed by atoms with Gasteiger partial charge in [0, 0.05) is 21.8 Å². The second kappa shape index (κ2) is 6.54. The Labute approximate surface area is 125 Å². The van der Waals surface area contributed by atoms with Crippen LogP contribution >= 0.6 is 23.7 Å². The Morgan fingerprint density at radius 3 is 2.63 bits per heavy atom. The Morgan fingerprint density at radius 2 is 2.11 bits per heavy atom. The monoisotopic (exact) mass is 324 g/mol. The van der Waals surface area contributed by atoms with E-state index in [1.165, 1.54) is 11.3 Å². The molecule has 1 aliphatic rings. The molecular formula is C12H21ClN2O2S2. The lowest BCUT2D eigenvalue weighted by molar-refractivity contribution is 0.349. The fourth-order valence-corrected chi connectivity index (χ4v) is 5.25. The number of rotatable bonds is 3. The number of piperidine rings is 1. The molecule has 1 saturated heterocycles. The Balaban J connectivity index is 0.00000180. The van der Waals surface area contributed by atoms with Gasteiger partial charge in [-0.1, -0.05) is 0 Å². The minimum atomic E-state index is -3.38. The van der Waals surface area contributed by atoms with Crippen molar-refractivity contribution in [3.63, 3.8) is 0 Å². The summed E-state index contributed by atoms with van der Waals surface area (Å²) in [6.07, 6.45) is 1.91. The molecule has 1 aliphatic heterocycles. The number of halogens is 1. The molecule has 7 heteroatoms. The highest BCUT2D eigenvalue weighted by Crippen LogP contribution is 2.25. The predicted molar refractivity (Wildman–Crippen MR) is 81.8 cm³/mol. The summed E-state index contributed by atoms with van der Waals surface area (Å²) in [4.78, 5) is 2.32. The predicted octanol–water partition coefficient (Wildman–Crippen LogP) is 2.21. The molecule has 2 heterocycles. The zero-order chi connectivity index (χ0) is 13.3. The van der Waals surface area contributed by atoms with Gasteiger partial charge in [0.25, 0.3) is 0 Å². The molecule has 1 aromatic rings. The first-order valence-electron chi connectivity index (χ1n) is 6.23. The summed E-state index contributed by atoms with van der Waals surface area (Å²) in [7, 11) is -3.38. The van der Waals surface area contributed by atoms with Gasteiger partial charge in [0.1, 0.15) is 0 Å². The van der Waals surface area contributed by atoms with E-state index in [0.717, 1.165) is 29.1 Å². The van der Waals surface area contributed by atoms with Crippen LogP contribution in [-0.2, 0) is 10.0 Å². The van der Waals surface area contributed by atoms with E-state index in [2.05, 4.69) is 10.0 Å². The van der Waals surface area contributed by atoms with E-state index in [-0.39, 0.29) is 24.5 Å². The molecule has 19 heavy (non-hydrogen) atoms. The molecule has 4 nitrogen and oxygen atoms in total. The van der Waals surface area contributed by atoms with Crippen LogP contribution in [0.1, 0.15) is 29.5 Å². The van der Waals surface area contributed by atoms with Gasteiger partial charge in [-0.25, -0.2) is 13.1 Å².